The minimum absolute atomic E-state index is 0.0174. The molecule has 1 aromatic carbocycles. The summed E-state index contributed by atoms with van der Waals surface area (Å²) in [5, 5.41) is 3.71. The van der Waals surface area contributed by atoms with E-state index in [4.69, 9.17) is 22.1 Å². The van der Waals surface area contributed by atoms with Crippen LogP contribution in [0.25, 0.3) is 0 Å². The number of hydrogen-bond acceptors (Lipinski definition) is 6. The number of carbonyl (C=O) groups is 2. The molecule has 1 aliphatic heterocycles. The summed E-state index contributed by atoms with van der Waals surface area (Å²) >= 11 is 7.47. The molecule has 2 amide bonds. The fourth-order valence-electron chi connectivity index (χ4n) is 2.88. The Morgan fingerprint density at radius 3 is 2.79 bits per heavy atom. The van der Waals surface area contributed by atoms with E-state index in [1.165, 1.54) is 29.5 Å². The Labute approximate surface area is 177 Å². The number of amides is 2. The van der Waals surface area contributed by atoms with Gasteiger partial charge in [0.15, 0.2) is 0 Å². The van der Waals surface area contributed by atoms with Crippen LogP contribution in [0.15, 0.2) is 33.9 Å². The van der Waals surface area contributed by atoms with E-state index in [2.05, 4.69) is 4.72 Å². The Balaban J connectivity index is 1.71. The molecule has 3 N–H and O–H groups in total. The number of nitrogens with one attached hydrogen (secondary N) is 1. The lowest BCUT2D eigenvalue weighted by Crippen LogP contribution is -2.42. The molecule has 0 saturated carbocycles. The van der Waals surface area contributed by atoms with Gasteiger partial charge in [-0.2, -0.15) is 0 Å². The van der Waals surface area contributed by atoms with Crippen molar-refractivity contribution in [3.05, 3.63) is 45.1 Å². The number of morpholine rings is 1. The molecule has 1 fully saturated rings. The Morgan fingerprint density at radius 2 is 2.10 bits per heavy atom. The zero-order chi connectivity index (χ0) is 21.0. The SMILES string of the molecule is NC(=O)Cc1ccc(S(=O)(=O)Nc2cscc2CCN2CCOCC2=O)cc1Cl. The van der Waals surface area contributed by atoms with Crippen molar-refractivity contribution in [2.45, 2.75) is 17.7 Å². The minimum atomic E-state index is -3.87. The molecule has 1 aliphatic rings. The van der Waals surface area contributed by atoms with E-state index < -0.39 is 15.9 Å². The molecule has 0 atom stereocenters. The van der Waals surface area contributed by atoms with Gasteiger partial charge in [0, 0.05) is 23.5 Å². The normalized spacial score (nSPS) is 14.8. The van der Waals surface area contributed by atoms with Crippen molar-refractivity contribution in [1.29, 1.82) is 0 Å². The number of rotatable bonds is 8. The molecule has 0 bridgehead atoms. The lowest BCUT2D eigenvalue weighted by molar-refractivity contribution is -0.142. The molecule has 0 unspecified atom stereocenters. The highest BCUT2D eigenvalue weighted by molar-refractivity contribution is 7.92. The fraction of sp³-hybridized carbons (Fsp3) is 0.333. The molecule has 0 spiro atoms. The van der Waals surface area contributed by atoms with Crippen molar-refractivity contribution in [3.63, 3.8) is 0 Å². The van der Waals surface area contributed by atoms with Crippen molar-refractivity contribution in [2.24, 2.45) is 5.73 Å². The van der Waals surface area contributed by atoms with Gasteiger partial charge >= 0.3 is 0 Å². The molecule has 0 aliphatic carbocycles. The first-order chi connectivity index (χ1) is 13.8. The molecule has 2 heterocycles. The van der Waals surface area contributed by atoms with Gasteiger partial charge in [-0.1, -0.05) is 17.7 Å². The lowest BCUT2D eigenvalue weighted by Gasteiger charge is -2.26. The van der Waals surface area contributed by atoms with Crippen LogP contribution in [0.2, 0.25) is 5.02 Å². The van der Waals surface area contributed by atoms with E-state index in [0.29, 0.717) is 37.4 Å². The maximum atomic E-state index is 12.8. The lowest BCUT2D eigenvalue weighted by atomic mass is 10.1. The highest BCUT2D eigenvalue weighted by atomic mass is 35.5. The van der Waals surface area contributed by atoms with Crippen LogP contribution < -0.4 is 10.5 Å². The van der Waals surface area contributed by atoms with Gasteiger partial charge in [-0.15, -0.1) is 11.3 Å². The molecule has 1 aromatic heterocycles. The molecule has 3 rings (SSSR count). The fourth-order valence-corrected chi connectivity index (χ4v) is 5.21. The molecule has 2 aromatic rings. The van der Waals surface area contributed by atoms with Gasteiger partial charge in [-0.3, -0.25) is 14.3 Å². The Kier molecular flexibility index (Phi) is 6.78. The van der Waals surface area contributed by atoms with Crippen LogP contribution in [0.5, 0.6) is 0 Å². The number of hydrogen-bond donors (Lipinski definition) is 2. The van der Waals surface area contributed by atoms with Gasteiger partial charge in [0.25, 0.3) is 10.0 Å². The van der Waals surface area contributed by atoms with E-state index >= 15 is 0 Å². The van der Waals surface area contributed by atoms with E-state index in [-0.39, 0.29) is 28.9 Å². The zero-order valence-corrected chi connectivity index (χ0v) is 17.8. The van der Waals surface area contributed by atoms with Gasteiger partial charge in [-0.25, -0.2) is 8.42 Å². The first kappa shape index (κ1) is 21.6. The predicted molar refractivity (Wildman–Crippen MR) is 111 cm³/mol. The maximum absolute atomic E-state index is 12.8. The highest BCUT2D eigenvalue weighted by Gasteiger charge is 2.21. The average molecular weight is 458 g/mol. The third-order valence-electron chi connectivity index (χ3n) is 4.42. The van der Waals surface area contributed by atoms with Crippen molar-refractivity contribution in [2.75, 3.05) is 31.0 Å². The number of carbonyl (C=O) groups excluding carboxylic acids is 2. The molecule has 29 heavy (non-hydrogen) atoms. The van der Waals surface area contributed by atoms with Crippen LogP contribution in [0.1, 0.15) is 11.1 Å². The first-order valence-corrected chi connectivity index (χ1v) is 11.6. The van der Waals surface area contributed by atoms with Gasteiger partial charge in [0.05, 0.1) is 23.6 Å². The van der Waals surface area contributed by atoms with Gasteiger partial charge in [-0.05, 0) is 35.1 Å². The number of nitrogens with zero attached hydrogens (tertiary/aromatic N) is 1. The highest BCUT2D eigenvalue weighted by Crippen LogP contribution is 2.27. The zero-order valence-electron chi connectivity index (χ0n) is 15.4. The average Bonchev–Trinajstić information content (AvgIpc) is 3.08. The largest absolute Gasteiger partial charge is 0.370 e. The summed E-state index contributed by atoms with van der Waals surface area (Å²) in [7, 11) is -3.87. The summed E-state index contributed by atoms with van der Waals surface area (Å²) in [5.74, 6) is -0.624. The second-order valence-electron chi connectivity index (χ2n) is 6.50. The summed E-state index contributed by atoms with van der Waals surface area (Å²) in [6.45, 7) is 1.60. The Morgan fingerprint density at radius 1 is 1.31 bits per heavy atom. The van der Waals surface area contributed by atoms with Crippen LogP contribution >= 0.6 is 22.9 Å². The summed E-state index contributed by atoms with van der Waals surface area (Å²) in [4.78, 5) is 24.6. The predicted octanol–water partition coefficient (Wildman–Crippen LogP) is 1.63. The van der Waals surface area contributed by atoms with Crippen molar-refractivity contribution in [3.8, 4) is 0 Å². The van der Waals surface area contributed by atoms with Crippen LogP contribution in [-0.4, -0.2) is 51.4 Å². The van der Waals surface area contributed by atoms with Crippen molar-refractivity contribution >= 4 is 50.5 Å². The number of primary amides is 1. The summed E-state index contributed by atoms with van der Waals surface area (Å²) in [6, 6.07) is 4.14. The standard InChI is InChI=1S/C18H20ClN3O5S2/c19-15-8-14(2-1-12(15)7-17(20)23)29(25,26)21-16-11-28-10-13(16)3-4-22-5-6-27-9-18(22)24/h1-2,8,10-11,21H,3-7,9H2,(H2,20,23). The summed E-state index contributed by atoms with van der Waals surface area (Å²) < 4.78 is 33.2. The topological polar surface area (TPSA) is 119 Å². The third kappa shape index (κ3) is 5.47. The van der Waals surface area contributed by atoms with E-state index in [0.717, 1.165) is 5.56 Å². The smallest absolute Gasteiger partial charge is 0.261 e. The number of sulfonamides is 1. The molecule has 11 heteroatoms. The first-order valence-electron chi connectivity index (χ1n) is 8.76. The van der Waals surface area contributed by atoms with Crippen LogP contribution in [-0.2, 0) is 37.2 Å². The number of anilines is 1. The molecule has 8 nitrogen and oxygen atoms in total. The molecule has 1 saturated heterocycles. The molecule has 0 radical (unpaired) electrons. The number of benzene rings is 1. The van der Waals surface area contributed by atoms with Gasteiger partial charge in [0.2, 0.25) is 11.8 Å². The summed E-state index contributed by atoms with van der Waals surface area (Å²) in [6.07, 6.45) is 0.451. The quantitative estimate of drug-likeness (QED) is 0.624. The molecule has 156 valence electrons. The Hall–Kier alpha value is -2.14. The monoisotopic (exact) mass is 457 g/mol. The second kappa shape index (κ2) is 9.12. The van der Waals surface area contributed by atoms with Gasteiger partial charge < -0.3 is 15.4 Å². The van der Waals surface area contributed by atoms with Crippen molar-refractivity contribution in [1.82, 2.24) is 4.90 Å². The van der Waals surface area contributed by atoms with Crippen LogP contribution in [0.3, 0.4) is 0 Å². The maximum Gasteiger partial charge on any atom is 0.261 e. The van der Waals surface area contributed by atoms with E-state index in [9.17, 15) is 18.0 Å². The minimum Gasteiger partial charge on any atom is -0.370 e. The van der Waals surface area contributed by atoms with Crippen LogP contribution in [0.4, 0.5) is 5.69 Å². The van der Waals surface area contributed by atoms with E-state index in [1.807, 2.05) is 5.38 Å². The third-order valence-corrected chi connectivity index (χ3v) is 6.93. The Bertz CT molecular complexity index is 1020. The van der Waals surface area contributed by atoms with Gasteiger partial charge in [0.1, 0.15) is 6.61 Å². The molecular formula is C18H20ClN3O5S2. The van der Waals surface area contributed by atoms with Crippen LogP contribution in [0, 0.1) is 0 Å². The van der Waals surface area contributed by atoms with Crippen molar-refractivity contribution < 1.29 is 22.7 Å². The number of thiophene rings is 1. The number of halogens is 1. The summed E-state index contributed by atoms with van der Waals surface area (Å²) in [5.41, 5.74) is 6.89. The number of nitrogens with two attached hydrogens (primary N) is 1. The number of ether oxygens (including phenoxy) is 1. The second-order valence-corrected chi connectivity index (χ2v) is 9.33. The van der Waals surface area contributed by atoms with E-state index in [1.54, 1.807) is 10.3 Å². The molecular weight excluding hydrogens is 438 g/mol.